The number of carbonyl (C=O) groups is 1. The molecule has 4 N–H and O–H groups in total. The summed E-state index contributed by atoms with van der Waals surface area (Å²) < 4.78 is 27.0. The number of anilines is 2. The number of ether oxygens (including phenoxy) is 2. The zero-order valence-corrected chi connectivity index (χ0v) is 16.8. The lowest BCUT2D eigenvalue weighted by atomic mass is 10.1. The number of benzene rings is 1. The first-order valence-electron chi connectivity index (χ1n) is 9.69. The summed E-state index contributed by atoms with van der Waals surface area (Å²) in [5.74, 6) is -0.0313. The van der Waals surface area contributed by atoms with Crippen LogP contribution in [0.2, 0.25) is 0 Å². The second-order valence-electron chi connectivity index (χ2n) is 7.23. The van der Waals surface area contributed by atoms with E-state index in [4.69, 9.17) is 20.3 Å². The standard InChI is InChI=1S/C21H22FN5O4/c1-30-20-14(17-6-7-27(26-17)13-2-3-13)8-12(9-16(20)23)10-31-11-18-15(22)4-5-19(24-18)25-21(28)29/h4-9,13H,2-3,10-11,23H2,1H3,(H,24,25)(H,28,29). The van der Waals surface area contributed by atoms with E-state index in [0.717, 1.165) is 35.7 Å². The van der Waals surface area contributed by atoms with Gasteiger partial charge in [-0.2, -0.15) is 5.10 Å². The minimum absolute atomic E-state index is 0.00358. The van der Waals surface area contributed by atoms with Gasteiger partial charge in [-0.05, 0) is 48.7 Å². The summed E-state index contributed by atoms with van der Waals surface area (Å²) in [5.41, 5.74) is 8.86. The Balaban J connectivity index is 1.50. The van der Waals surface area contributed by atoms with Crippen LogP contribution in [-0.2, 0) is 18.0 Å². The van der Waals surface area contributed by atoms with E-state index in [1.54, 1.807) is 13.2 Å². The Bertz CT molecular complexity index is 1110. The molecule has 0 atom stereocenters. The molecule has 4 rings (SSSR count). The number of pyridine rings is 1. The highest BCUT2D eigenvalue weighted by Gasteiger charge is 2.25. The average Bonchev–Trinajstić information content (AvgIpc) is 3.46. The third-order valence-corrected chi connectivity index (χ3v) is 4.85. The topological polar surface area (TPSA) is 125 Å². The van der Waals surface area contributed by atoms with Crippen molar-refractivity contribution in [1.82, 2.24) is 14.8 Å². The molecule has 0 saturated heterocycles. The normalized spacial score (nSPS) is 13.2. The van der Waals surface area contributed by atoms with Crippen molar-refractivity contribution in [2.75, 3.05) is 18.2 Å². The monoisotopic (exact) mass is 427 g/mol. The number of rotatable bonds is 8. The van der Waals surface area contributed by atoms with E-state index >= 15 is 0 Å². The maximum Gasteiger partial charge on any atom is 0.410 e. The number of nitrogen functional groups attached to an aromatic ring is 1. The minimum Gasteiger partial charge on any atom is -0.494 e. The van der Waals surface area contributed by atoms with Gasteiger partial charge in [0.25, 0.3) is 0 Å². The minimum atomic E-state index is -1.28. The Morgan fingerprint density at radius 1 is 1.32 bits per heavy atom. The van der Waals surface area contributed by atoms with E-state index in [2.05, 4.69) is 15.4 Å². The lowest BCUT2D eigenvalue weighted by Crippen LogP contribution is -2.10. The van der Waals surface area contributed by atoms with Crippen molar-refractivity contribution < 1.29 is 23.8 Å². The summed E-state index contributed by atoms with van der Waals surface area (Å²) in [4.78, 5) is 14.7. The maximum atomic E-state index is 14.0. The smallest absolute Gasteiger partial charge is 0.410 e. The number of methoxy groups -OCH3 is 1. The quantitative estimate of drug-likeness (QED) is 0.467. The molecular formula is C21H22FN5O4. The fraction of sp³-hybridized carbons (Fsp3) is 0.286. The summed E-state index contributed by atoms with van der Waals surface area (Å²) >= 11 is 0. The molecule has 0 aliphatic heterocycles. The SMILES string of the molecule is COc1c(N)cc(COCc2nc(NC(=O)O)ccc2F)cc1-c1ccn(C2CC2)n1. The number of halogens is 1. The van der Waals surface area contributed by atoms with Gasteiger partial charge < -0.3 is 20.3 Å². The molecule has 1 aromatic carbocycles. The number of nitrogens with one attached hydrogen (secondary N) is 1. The predicted octanol–water partition coefficient (Wildman–Crippen LogP) is 3.82. The van der Waals surface area contributed by atoms with E-state index in [0.29, 0.717) is 17.5 Å². The third-order valence-electron chi connectivity index (χ3n) is 4.85. The van der Waals surface area contributed by atoms with Crippen molar-refractivity contribution in [3.05, 3.63) is 53.6 Å². The van der Waals surface area contributed by atoms with Crippen LogP contribution in [0.15, 0.2) is 36.5 Å². The second-order valence-corrected chi connectivity index (χ2v) is 7.23. The summed E-state index contributed by atoms with van der Waals surface area (Å²) in [5, 5.41) is 15.5. The molecule has 1 aliphatic rings. The molecule has 1 amide bonds. The highest BCUT2D eigenvalue weighted by molar-refractivity contribution is 5.81. The zero-order valence-electron chi connectivity index (χ0n) is 16.8. The zero-order chi connectivity index (χ0) is 22.0. The van der Waals surface area contributed by atoms with Crippen LogP contribution in [0.1, 0.15) is 30.1 Å². The van der Waals surface area contributed by atoms with Gasteiger partial charge in [0.1, 0.15) is 17.3 Å². The average molecular weight is 427 g/mol. The highest BCUT2D eigenvalue weighted by Crippen LogP contribution is 2.38. The molecular weight excluding hydrogens is 405 g/mol. The molecule has 2 aromatic heterocycles. The number of nitrogens with zero attached hydrogens (tertiary/aromatic N) is 3. The number of hydrogen-bond acceptors (Lipinski definition) is 6. The molecule has 1 aliphatic carbocycles. The van der Waals surface area contributed by atoms with Crippen LogP contribution in [0.3, 0.4) is 0 Å². The van der Waals surface area contributed by atoms with Gasteiger partial charge in [0, 0.05) is 11.8 Å². The molecule has 0 radical (unpaired) electrons. The Labute approximate surface area is 177 Å². The van der Waals surface area contributed by atoms with Gasteiger partial charge in [0.2, 0.25) is 0 Å². The molecule has 3 aromatic rings. The van der Waals surface area contributed by atoms with E-state index in [1.807, 2.05) is 23.0 Å². The lowest BCUT2D eigenvalue weighted by molar-refractivity contribution is 0.102. The fourth-order valence-electron chi connectivity index (χ4n) is 3.27. The van der Waals surface area contributed by atoms with Gasteiger partial charge in [-0.15, -0.1) is 0 Å². The predicted molar refractivity (Wildman–Crippen MR) is 111 cm³/mol. The first-order valence-corrected chi connectivity index (χ1v) is 9.69. The molecule has 10 heteroatoms. The van der Waals surface area contributed by atoms with E-state index in [9.17, 15) is 9.18 Å². The van der Waals surface area contributed by atoms with Crippen LogP contribution in [0, 0.1) is 5.82 Å². The maximum absolute atomic E-state index is 14.0. The molecule has 1 saturated carbocycles. The highest BCUT2D eigenvalue weighted by atomic mass is 19.1. The summed E-state index contributed by atoms with van der Waals surface area (Å²) in [6.07, 6.45) is 2.92. The van der Waals surface area contributed by atoms with Crippen LogP contribution in [0.5, 0.6) is 5.75 Å². The Kier molecular flexibility index (Phi) is 5.72. The first kappa shape index (κ1) is 20.6. The fourth-order valence-corrected chi connectivity index (χ4v) is 3.27. The number of nitrogens with two attached hydrogens (primary N) is 1. The Hall–Kier alpha value is -3.66. The van der Waals surface area contributed by atoms with Crippen LogP contribution >= 0.6 is 0 Å². The molecule has 1 fully saturated rings. The third kappa shape index (κ3) is 4.75. The Morgan fingerprint density at radius 2 is 2.13 bits per heavy atom. The molecule has 2 heterocycles. The largest absolute Gasteiger partial charge is 0.494 e. The number of aromatic nitrogens is 3. The Morgan fingerprint density at radius 3 is 2.84 bits per heavy atom. The van der Waals surface area contributed by atoms with Crippen molar-refractivity contribution in [2.45, 2.75) is 32.1 Å². The molecule has 0 spiro atoms. The van der Waals surface area contributed by atoms with E-state index in [1.165, 1.54) is 6.07 Å². The van der Waals surface area contributed by atoms with E-state index in [-0.39, 0.29) is 24.7 Å². The van der Waals surface area contributed by atoms with Crippen LogP contribution in [0.25, 0.3) is 11.3 Å². The van der Waals surface area contributed by atoms with Crippen LogP contribution in [0.4, 0.5) is 20.7 Å². The lowest BCUT2D eigenvalue weighted by Gasteiger charge is -2.13. The number of carboxylic acid groups (broad SMARTS) is 1. The van der Waals surface area contributed by atoms with Crippen LogP contribution in [-0.4, -0.2) is 33.1 Å². The summed E-state index contributed by atoms with van der Waals surface area (Å²) in [7, 11) is 1.55. The summed E-state index contributed by atoms with van der Waals surface area (Å²) in [6, 6.07) is 8.35. The van der Waals surface area contributed by atoms with Gasteiger partial charge in [-0.25, -0.2) is 14.2 Å². The van der Waals surface area contributed by atoms with Gasteiger partial charge >= 0.3 is 6.09 Å². The molecule has 31 heavy (non-hydrogen) atoms. The molecule has 0 bridgehead atoms. The van der Waals surface area contributed by atoms with Crippen molar-refractivity contribution in [3.8, 4) is 17.0 Å². The van der Waals surface area contributed by atoms with E-state index < -0.39 is 11.9 Å². The summed E-state index contributed by atoms with van der Waals surface area (Å²) in [6.45, 7) is 0.000775. The molecule has 162 valence electrons. The number of amides is 1. The van der Waals surface area contributed by atoms with Gasteiger partial charge in [0.15, 0.2) is 5.75 Å². The first-order chi connectivity index (χ1) is 14.9. The van der Waals surface area contributed by atoms with Gasteiger partial charge in [-0.1, -0.05) is 0 Å². The number of hydrogen-bond donors (Lipinski definition) is 3. The van der Waals surface area contributed by atoms with Crippen LogP contribution < -0.4 is 15.8 Å². The van der Waals surface area contributed by atoms with Crippen molar-refractivity contribution >= 4 is 17.6 Å². The van der Waals surface area contributed by atoms with Crippen molar-refractivity contribution in [3.63, 3.8) is 0 Å². The second kappa shape index (κ2) is 8.60. The van der Waals surface area contributed by atoms with Crippen molar-refractivity contribution in [2.24, 2.45) is 0 Å². The van der Waals surface area contributed by atoms with Crippen molar-refractivity contribution in [1.29, 1.82) is 0 Å². The molecule has 9 nitrogen and oxygen atoms in total. The van der Waals surface area contributed by atoms with Gasteiger partial charge in [-0.3, -0.25) is 10.00 Å². The van der Waals surface area contributed by atoms with Gasteiger partial charge in [0.05, 0.1) is 37.7 Å². The molecule has 0 unspecified atom stereocenters.